The van der Waals surface area contributed by atoms with E-state index >= 15 is 0 Å². The van der Waals surface area contributed by atoms with Crippen LogP contribution >= 0.6 is 0 Å². The van der Waals surface area contributed by atoms with Crippen LogP contribution in [0.1, 0.15) is 12.5 Å². The Morgan fingerprint density at radius 2 is 1.88 bits per heavy atom. The molecule has 128 valence electrons. The van der Waals surface area contributed by atoms with Crippen LogP contribution in [0.4, 0.5) is 10.5 Å². The average Bonchev–Trinajstić information content (AvgIpc) is 2.60. The normalized spacial score (nSPS) is 14.6. The number of nitrogens with two attached hydrogens (primary N) is 1. The monoisotopic (exact) mass is 329 g/mol. The Morgan fingerprint density at radius 3 is 2.50 bits per heavy atom. The Bertz CT molecular complexity index is 675. The first-order valence-electron chi connectivity index (χ1n) is 7.95. The molecule has 0 fully saturated rings. The van der Waals surface area contributed by atoms with Crippen molar-refractivity contribution in [2.75, 3.05) is 20.8 Å². The minimum Gasteiger partial charge on any atom is -0.493 e. The fourth-order valence-electron chi connectivity index (χ4n) is 2.48. The van der Waals surface area contributed by atoms with Crippen molar-refractivity contribution in [1.82, 2.24) is 4.65 Å². The zero-order valence-electron chi connectivity index (χ0n) is 14.4. The predicted molar refractivity (Wildman–Crippen MR) is 95.6 cm³/mol. The molecule has 2 aromatic carbocycles. The van der Waals surface area contributed by atoms with E-state index < -0.39 is 10.7 Å². The van der Waals surface area contributed by atoms with E-state index in [1.165, 1.54) is 12.7 Å². The first-order valence-corrected chi connectivity index (χ1v) is 7.95. The van der Waals surface area contributed by atoms with E-state index in [0.717, 1.165) is 6.42 Å². The van der Waals surface area contributed by atoms with Gasteiger partial charge in [-0.25, -0.2) is 4.79 Å². The number of hydrogen-bond acceptors (Lipinski definition) is 3. The number of amides is 2. The van der Waals surface area contributed by atoms with Gasteiger partial charge in [-0.15, -0.1) is 0 Å². The molecule has 5 nitrogen and oxygen atoms in total. The third-order valence-corrected chi connectivity index (χ3v) is 4.06. The Kier molecular flexibility index (Phi) is 5.95. The smallest absolute Gasteiger partial charge is 0.451 e. The Hall–Kier alpha value is -2.37. The summed E-state index contributed by atoms with van der Waals surface area (Å²) in [5.74, 6) is 1.06. The van der Waals surface area contributed by atoms with Crippen LogP contribution in [0.3, 0.4) is 0 Å². The quantitative estimate of drug-likeness (QED) is 0.624. The summed E-state index contributed by atoms with van der Waals surface area (Å²) in [6.45, 7) is 2.74. The molecule has 0 spiro atoms. The number of benzene rings is 2. The van der Waals surface area contributed by atoms with Gasteiger partial charge in [0.15, 0.2) is 5.69 Å². The molecule has 0 saturated heterocycles. The summed E-state index contributed by atoms with van der Waals surface area (Å²) in [4.78, 5) is 16.9. The fourth-order valence-corrected chi connectivity index (χ4v) is 2.48. The topological polar surface area (TPSA) is 61.5 Å². The number of quaternary nitrogens is 1. The highest BCUT2D eigenvalue weighted by Crippen LogP contribution is 2.26. The van der Waals surface area contributed by atoms with Crippen molar-refractivity contribution in [3.63, 3.8) is 0 Å². The van der Waals surface area contributed by atoms with Crippen LogP contribution in [0.5, 0.6) is 5.75 Å². The van der Waals surface area contributed by atoms with E-state index in [0.29, 0.717) is 24.0 Å². The molecule has 2 amide bonds. The second-order valence-electron chi connectivity index (χ2n) is 6.05. The number of nitrogens with zero attached hydrogens (tertiary/aromatic N) is 1. The van der Waals surface area contributed by atoms with Crippen molar-refractivity contribution in [3.8, 4) is 5.75 Å². The molecule has 2 N–H and O–H groups in total. The summed E-state index contributed by atoms with van der Waals surface area (Å²) in [6, 6.07) is 17.0. The van der Waals surface area contributed by atoms with E-state index in [1.807, 2.05) is 30.3 Å². The molecular weight excluding hydrogens is 304 g/mol. The first kappa shape index (κ1) is 18.0. The highest BCUT2D eigenvalue weighted by Gasteiger charge is 2.34. The number of urea groups is 1. The van der Waals surface area contributed by atoms with Gasteiger partial charge in [-0.2, -0.15) is 4.84 Å². The van der Waals surface area contributed by atoms with Gasteiger partial charge in [-0.3, -0.25) is 0 Å². The predicted octanol–water partition coefficient (Wildman–Crippen LogP) is 3.52. The minimum atomic E-state index is -0.591. The van der Waals surface area contributed by atoms with Crippen molar-refractivity contribution in [3.05, 3.63) is 60.2 Å². The van der Waals surface area contributed by atoms with Crippen molar-refractivity contribution in [2.45, 2.75) is 13.3 Å². The van der Waals surface area contributed by atoms with Gasteiger partial charge in [-0.05, 0) is 24.0 Å². The molecule has 24 heavy (non-hydrogen) atoms. The van der Waals surface area contributed by atoms with E-state index in [-0.39, 0.29) is 0 Å². The molecular formula is C19H25N2O3+. The molecule has 0 saturated carbocycles. The lowest BCUT2D eigenvalue weighted by Gasteiger charge is -2.24. The van der Waals surface area contributed by atoms with Crippen LogP contribution in [0.15, 0.2) is 54.6 Å². The second-order valence-corrected chi connectivity index (χ2v) is 6.05. The highest BCUT2D eigenvalue weighted by atomic mass is 16.7. The summed E-state index contributed by atoms with van der Waals surface area (Å²) in [5.41, 5.74) is 7.35. The number of carbonyl (C=O) groups excluding carboxylic acids is 1. The number of primary amides is 1. The number of hydroxylamine groups is 2. The van der Waals surface area contributed by atoms with Crippen molar-refractivity contribution in [1.29, 1.82) is 0 Å². The molecule has 0 heterocycles. The lowest BCUT2D eigenvalue weighted by molar-refractivity contribution is -0.0538. The number of hydrogen-bond donors (Lipinski definition) is 1. The van der Waals surface area contributed by atoms with Crippen LogP contribution in [0, 0.1) is 5.92 Å². The van der Waals surface area contributed by atoms with E-state index in [9.17, 15) is 4.79 Å². The Balaban J connectivity index is 2.01. The number of rotatable bonds is 7. The van der Waals surface area contributed by atoms with E-state index in [2.05, 4.69) is 19.1 Å². The van der Waals surface area contributed by atoms with Crippen molar-refractivity contribution >= 4 is 11.7 Å². The van der Waals surface area contributed by atoms with Gasteiger partial charge in [0, 0.05) is 12.1 Å². The van der Waals surface area contributed by atoms with Crippen LogP contribution in [-0.4, -0.2) is 26.8 Å². The number of carbonyl (C=O) groups is 1. The van der Waals surface area contributed by atoms with Crippen LogP contribution in [0.25, 0.3) is 0 Å². The maximum Gasteiger partial charge on any atom is 0.451 e. The number of ether oxygens (including phenoxy) is 1. The van der Waals surface area contributed by atoms with Crippen LogP contribution in [0.2, 0.25) is 0 Å². The van der Waals surface area contributed by atoms with Gasteiger partial charge in [-0.1, -0.05) is 48.0 Å². The summed E-state index contributed by atoms with van der Waals surface area (Å²) in [6.07, 6.45) is 0.952. The second kappa shape index (κ2) is 7.95. The lowest BCUT2D eigenvalue weighted by Crippen LogP contribution is -2.52. The van der Waals surface area contributed by atoms with Crippen molar-refractivity contribution < 1.29 is 14.4 Å². The minimum absolute atomic E-state index is 0.371. The maximum atomic E-state index is 11.7. The van der Waals surface area contributed by atoms with E-state index in [1.54, 1.807) is 19.2 Å². The van der Waals surface area contributed by atoms with Crippen LogP contribution < -0.4 is 15.1 Å². The SMILES string of the molecule is CO[N+](C)(C(N)=O)c1cccc(OCC(C)Cc2ccccc2)c1. The van der Waals surface area contributed by atoms with Crippen LogP contribution in [-0.2, 0) is 11.3 Å². The lowest BCUT2D eigenvalue weighted by atomic mass is 10.0. The van der Waals surface area contributed by atoms with Gasteiger partial charge in [0.1, 0.15) is 12.8 Å². The summed E-state index contributed by atoms with van der Waals surface area (Å²) in [5, 5.41) is 0. The zero-order valence-corrected chi connectivity index (χ0v) is 14.4. The summed E-state index contributed by atoms with van der Waals surface area (Å²) < 4.78 is 5.45. The molecule has 0 bridgehead atoms. The van der Waals surface area contributed by atoms with Gasteiger partial charge in [0.2, 0.25) is 0 Å². The third-order valence-electron chi connectivity index (χ3n) is 4.06. The first-order chi connectivity index (χ1) is 11.5. The molecule has 0 aromatic heterocycles. The average molecular weight is 329 g/mol. The molecule has 0 aliphatic rings. The van der Waals surface area contributed by atoms with Gasteiger partial charge >= 0.3 is 6.03 Å². The summed E-state index contributed by atoms with van der Waals surface area (Å²) >= 11 is 0. The van der Waals surface area contributed by atoms with Crippen molar-refractivity contribution in [2.24, 2.45) is 11.7 Å². The molecule has 2 aromatic rings. The largest absolute Gasteiger partial charge is 0.493 e. The zero-order chi connectivity index (χ0) is 17.6. The standard InChI is InChI=1S/C19H24N2O3/c1-15(12-16-8-5-4-6-9-16)14-24-18-11-7-10-17(13-18)21(2,23-3)19(20)22/h4-11,13,15H,12,14H2,1-3H3,(H-,20,22)/p+1. The molecule has 2 atom stereocenters. The van der Waals surface area contributed by atoms with Gasteiger partial charge in [0.25, 0.3) is 0 Å². The molecule has 2 unspecified atom stereocenters. The molecule has 0 aliphatic carbocycles. The summed E-state index contributed by atoms with van der Waals surface area (Å²) in [7, 11) is 3.04. The third kappa shape index (κ3) is 4.34. The Labute approximate surface area is 143 Å². The maximum absolute atomic E-state index is 11.7. The highest BCUT2D eigenvalue weighted by molar-refractivity contribution is 5.83. The fraction of sp³-hybridized carbons (Fsp3) is 0.316. The van der Waals surface area contributed by atoms with Gasteiger partial charge < -0.3 is 10.5 Å². The Morgan fingerprint density at radius 1 is 1.17 bits per heavy atom. The molecule has 0 radical (unpaired) electrons. The van der Waals surface area contributed by atoms with E-state index in [4.69, 9.17) is 15.3 Å². The van der Waals surface area contributed by atoms with Gasteiger partial charge in [0.05, 0.1) is 13.7 Å². The molecule has 2 rings (SSSR count). The molecule has 0 aliphatic heterocycles. The molecule has 5 heteroatoms.